The van der Waals surface area contributed by atoms with Gasteiger partial charge in [0.2, 0.25) is 5.95 Å². The number of amides is 1. The summed E-state index contributed by atoms with van der Waals surface area (Å²) >= 11 is 0. The fourth-order valence-corrected chi connectivity index (χ4v) is 4.79. The fourth-order valence-electron chi connectivity index (χ4n) is 4.79. The molecule has 2 N–H and O–H groups in total. The maximum absolute atomic E-state index is 13.5. The molecule has 0 aliphatic carbocycles. The van der Waals surface area contributed by atoms with Gasteiger partial charge in [0.15, 0.2) is 0 Å². The molecule has 2 heterocycles. The smallest absolute Gasteiger partial charge is 0.302 e. The highest BCUT2D eigenvalue weighted by Gasteiger charge is 2.48. The van der Waals surface area contributed by atoms with E-state index in [2.05, 4.69) is 23.8 Å². The number of H-pyrrole nitrogens is 1. The Morgan fingerprint density at radius 1 is 1.02 bits per heavy atom. The maximum atomic E-state index is 13.5. The number of nitrogens with zero attached hydrogens (tertiary/aromatic N) is 2. The van der Waals surface area contributed by atoms with E-state index in [0.717, 1.165) is 11.1 Å². The lowest BCUT2D eigenvalue weighted by molar-refractivity contribution is -0.132. The van der Waals surface area contributed by atoms with E-state index in [-0.39, 0.29) is 23.4 Å². The number of aliphatic hydroxyl groups excluding tert-OH is 1. The quantitative estimate of drug-likeness (QED) is 0.154. The van der Waals surface area contributed by atoms with E-state index in [1.807, 2.05) is 45.0 Å². The number of hydrogen-bond donors (Lipinski definition) is 2. The van der Waals surface area contributed by atoms with Crippen LogP contribution in [0.5, 0.6) is 11.5 Å². The number of hydrogen-bond acceptors (Lipinski definition) is 6. The summed E-state index contributed by atoms with van der Waals surface area (Å²) in [5.74, 6) is 0.118. The van der Waals surface area contributed by atoms with Crippen LogP contribution < -0.4 is 14.4 Å². The van der Waals surface area contributed by atoms with Crippen molar-refractivity contribution in [3.63, 3.8) is 0 Å². The van der Waals surface area contributed by atoms with Crippen molar-refractivity contribution in [3.05, 3.63) is 89.0 Å². The lowest BCUT2D eigenvalue weighted by atomic mass is 9.94. The average Bonchev–Trinajstić information content (AvgIpc) is 3.46. The molecular formula is C32H33N3O5. The molecule has 1 saturated heterocycles. The molecule has 8 heteroatoms. The molecule has 0 radical (unpaired) electrons. The van der Waals surface area contributed by atoms with Crippen LogP contribution >= 0.6 is 0 Å². The summed E-state index contributed by atoms with van der Waals surface area (Å²) in [6.45, 7) is 10.4. The van der Waals surface area contributed by atoms with Gasteiger partial charge in [-0.25, -0.2) is 4.98 Å². The zero-order valence-electron chi connectivity index (χ0n) is 23.3. The van der Waals surface area contributed by atoms with Gasteiger partial charge in [0.05, 0.1) is 35.4 Å². The number of aromatic amines is 1. The van der Waals surface area contributed by atoms with Crippen LogP contribution in [0.25, 0.3) is 16.8 Å². The van der Waals surface area contributed by atoms with Gasteiger partial charge in [-0.3, -0.25) is 14.5 Å². The molecule has 8 nitrogen and oxygen atoms in total. The number of anilines is 1. The first-order valence-corrected chi connectivity index (χ1v) is 13.4. The standard InChI is InChI=1S/C32H33N3O5/c1-18(2)17-39-26-15-12-22(16-20(26)5)29(36)27-28(21-10-13-23(14-11-21)40-19(3)4)35(31(38)30(27)37)32-33-24-8-6-7-9-25(24)34-32/h6-16,18-19,28,36H,17H2,1-5H3,(H,33,34)/b29-27+. The topological polar surface area (TPSA) is 105 Å². The number of nitrogens with one attached hydrogen (secondary N) is 1. The van der Waals surface area contributed by atoms with Crippen molar-refractivity contribution >= 4 is 34.4 Å². The Bertz CT molecular complexity index is 1570. The molecular weight excluding hydrogens is 506 g/mol. The molecule has 1 aliphatic heterocycles. The molecule has 0 saturated carbocycles. The van der Waals surface area contributed by atoms with Crippen molar-refractivity contribution in [1.29, 1.82) is 0 Å². The Hall–Kier alpha value is -4.59. The van der Waals surface area contributed by atoms with Gasteiger partial charge in [0, 0.05) is 5.56 Å². The third-order valence-electron chi connectivity index (χ3n) is 6.64. The normalized spacial score (nSPS) is 16.9. The van der Waals surface area contributed by atoms with Gasteiger partial charge >= 0.3 is 5.91 Å². The first-order chi connectivity index (χ1) is 19.1. The van der Waals surface area contributed by atoms with Crippen molar-refractivity contribution in [3.8, 4) is 11.5 Å². The van der Waals surface area contributed by atoms with Gasteiger partial charge in [-0.2, -0.15) is 0 Å². The van der Waals surface area contributed by atoms with E-state index in [0.29, 0.717) is 40.7 Å². The number of ether oxygens (including phenoxy) is 2. The number of benzene rings is 3. The number of carbonyl (C=O) groups excluding carboxylic acids is 2. The molecule has 3 aromatic carbocycles. The monoisotopic (exact) mass is 539 g/mol. The van der Waals surface area contributed by atoms with Crippen LogP contribution in [0.4, 0.5) is 5.95 Å². The minimum Gasteiger partial charge on any atom is -0.507 e. The van der Waals surface area contributed by atoms with Gasteiger partial charge in [-0.15, -0.1) is 0 Å². The van der Waals surface area contributed by atoms with Crippen LogP contribution in [-0.4, -0.2) is 39.5 Å². The number of aromatic nitrogens is 2. The van der Waals surface area contributed by atoms with E-state index in [9.17, 15) is 14.7 Å². The molecule has 1 aliphatic rings. The van der Waals surface area contributed by atoms with Crippen molar-refractivity contribution in [2.75, 3.05) is 11.5 Å². The summed E-state index contributed by atoms with van der Waals surface area (Å²) < 4.78 is 11.7. The summed E-state index contributed by atoms with van der Waals surface area (Å²) in [6.07, 6.45) is -0.0113. The third kappa shape index (κ3) is 5.17. The molecule has 1 amide bonds. The zero-order chi connectivity index (χ0) is 28.6. The molecule has 1 unspecified atom stereocenters. The van der Waals surface area contributed by atoms with Crippen LogP contribution in [0.1, 0.15) is 50.4 Å². The second-order valence-electron chi connectivity index (χ2n) is 10.7. The summed E-state index contributed by atoms with van der Waals surface area (Å²) in [6, 6.07) is 18.9. The highest BCUT2D eigenvalue weighted by atomic mass is 16.5. The van der Waals surface area contributed by atoms with Gasteiger partial charge in [-0.05, 0) is 80.3 Å². The lowest BCUT2D eigenvalue weighted by Gasteiger charge is -2.23. The molecule has 40 heavy (non-hydrogen) atoms. The van der Waals surface area contributed by atoms with E-state index >= 15 is 0 Å². The van der Waals surface area contributed by atoms with Crippen LogP contribution in [-0.2, 0) is 9.59 Å². The van der Waals surface area contributed by atoms with Crippen LogP contribution in [0.3, 0.4) is 0 Å². The largest absolute Gasteiger partial charge is 0.507 e. The third-order valence-corrected chi connectivity index (χ3v) is 6.64. The average molecular weight is 540 g/mol. The second-order valence-corrected chi connectivity index (χ2v) is 10.7. The van der Waals surface area contributed by atoms with Gasteiger partial charge < -0.3 is 19.6 Å². The SMILES string of the molecule is Cc1cc(/C(O)=C2\C(=O)C(=O)N(c3nc4ccccc4[nH]3)C2c2ccc(OC(C)C)cc2)ccc1OCC(C)C. The van der Waals surface area contributed by atoms with Gasteiger partial charge in [-0.1, -0.05) is 38.1 Å². The Labute approximate surface area is 233 Å². The van der Waals surface area contributed by atoms with E-state index in [4.69, 9.17) is 9.47 Å². The summed E-state index contributed by atoms with van der Waals surface area (Å²) in [4.78, 5) is 36.1. The Balaban J connectivity index is 1.63. The minimum absolute atomic E-state index is 0.0113. The number of Topliss-reactive ketones (excluding diaryl/α,β-unsaturated/α-hetero) is 1. The molecule has 5 rings (SSSR count). The molecule has 0 spiro atoms. The van der Waals surface area contributed by atoms with E-state index < -0.39 is 17.7 Å². The molecule has 4 aromatic rings. The van der Waals surface area contributed by atoms with Crippen LogP contribution in [0.2, 0.25) is 0 Å². The first-order valence-electron chi connectivity index (χ1n) is 13.4. The molecule has 1 atom stereocenters. The predicted molar refractivity (Wildman–Crippen MR) is 155 cm³/mol. The Kier molecular flexibility index (Phi) is 7.34. The minimum atomic E-state index is -0.911. The number of carbonyl (C=O) groups is 2. The second kappa shape index (κ2) is 10.9. The van der Waals surface area contributed by atoms with Gasteiger partial charge in [0.1, 0.15) is 17.3 Å². The summed E-state index contributed by atoms with van der Waals surface area (Å²) in [5.41, 5.74) is 3.23. The predicted octanol–water partition coefficient (Wildman–Crippen LogP) is 6.32. The van der Waals surface area contributed by atoms with Crippen LogP contribution in [0.15, 0.2) is 72.3 Å². The Morgan fingerprint density at radius 2 is 1.75 bits per heavy atom. The number of aryl methyl sites for hydroxylation is 1. The van der Waals surface area contributed by atoms with E-state index in [1.54, 1.807) is 42.5 Å². The van der Waals surface area contributed by atoms with Crippen LogP contribution in [0, 0.1) is 12.8 Å². The summed E-state index contributed by atoms with van der Waals surface area (Å²) in [7, 11) is 0. The number of ketones is 1. The van der Waals surface area contributed by atoms with Crippen molar-refractivity contribution in [2.45, 2.75) is 46.8 Å². The summed E-state index contributed by atoms with van der Waals surface area (Å²) in [5, 5.41) is 11.5. The van der Waals surface area contributed by atoms with Crippen molar-refractivity contribution in [2.24, 2.45) is 5.92 Å². The molecule has 0 bridgehead atoms. The number of aliphatic hydroxyl groups is 1. The fraction of sp³-hybridized carbons (Fsp3) is 0.281. The molecule has 206 valence electrons. The first kappa shape index (κ1) is 27.0. The number of para-hydroxylation sites is 2. The Morgan fingerprint density at radius 3 is 2.40 bits per heavy atom. The highest BCUT2D eigenvalue weighted by Crippen LogP contribution is 2.42. The molecule has 1 fully saturated rings. The lowest BCUT2D eigenvalue weighted by Crippen LogP contribution is -2.30. The molecule has 1 aromatic heterocycles. The highest BCUT2D eigenvalue weighted by molar-refractivity contribution is 6.51. The van der Waals surface area contributed by atoms with Crippen molar-refractivity contribution < 1.29 is 24.2 Å². The van der Waals surface area contributed by atoms with Crippen molar-refractivity contribution in [1.82, 2.24) is 9.97 Å². The van der Waals surface area contributed by atoms with E-state index in [1.165, 1.54) is 4.90 Å². The zero-order valence-corrected chi connectivity index (χ0v) is 23.3. The maximum Gasteiger partial charge on any atom is 0.302 e. The number of fused-ring (bicyclic) bond motifs is 1. The number of rotatable bonds is 8. The van der Waals surface area contributed by atoms with Gasteiger partial charge in [0.25, 0.3) is 5.78 Å². The number of imidazole rings is 1.